The van der Waals surface area contributed by atoms with Gasteiger partial charge in [-0.2, -0.15) is 0 Å². The summed E-state index contributed by atoms with van der Waals surface area (Å²) >= 11 is 0. The van der Waals surface area contributed by atoms with Crippen LogP contribution in [-0.4, -0.2) is 9.55 Å². The second-order valence-electron chi connectivity index (χ2n) is 13.3. The third-order valence-corrected chi connectivity index (χ3v) is 13.7. The summed E-state index contributed by atoms with van der Waals surface area (Å²) in [4.78, 5) is 5.08. The van der Waals surface area contributed by atoms with Crippen LogP contribution in [0.4, 0.5) is 0 Å². The Morgan fingerprint density at radius 3 is 1.67 bits per heavy atom. The Morgan fingerprint density at radius 2 is 1.04 bits per heavy atom. The first-order valence-corrected chi connectivity index (χ1v) is 19.3. The van der Waals surface area contributed by atoms with Gasteiger partial charge >= 0.3 is 0 Å². The van der Waals surface area contributed by atoms with E-state index in [0.717, 1.165) is 50.4 Å². The highest BCUT2D eigenvalue weighted by molar-refractivity contribution is 7.86. The van der Waals surface area contributed by atoms with Gasteiger partial charge in [0.2, 0.25) is 0 Å². The lowest BCUT2D eigenvalue weighted by Gasteiger charge is -2.30. The molecule has 0 radical (unpaired) electrons. The third-order valence-electron chi connectivity index (χ3n) is 10.6. The Bertz CT molecular complexity index is 2800. The van der Waals surface area contributed by atoms with E-state index in [-0.39, 0.29) is 0 Å². The maximum Gasteiger partial charge on any atom is 0.175 e. The Hall–Kier alpha value is -6.02. The number of fused-ring (bicyclic) bond motifs is 4. The van der Waals surface area contributed by atoms with Crippen molar-refractivity contribution in [2.45, 2.75) is 13.3 Å². The summed E-state index contributed by atoms with van der Waals surface area (Å²) in [5, 5.41) is 7.34. The number of aryl methyl sites for hydroxylation is 1. The quantitative estimate of drug-likeness (QED) is 0.135. The van der Waals surface area contributed by atoms with E-state index in [1.165, 1.54) is 49.4 Å². The predicted molar refractivity (Wildman–Crippen MR) is 215 cm³/mol. The molecule has 9 aromatic rings. The Balaban J connectivity index is 1.25. The van der Waals surface area contributed by atoms with Crippen molar-refractivity contribution in [3.05, 3.63) is 176 Å². The lowest BCUT2D eigenvalue weighted by molar-refractivity contribution is 0.592. The topological polar surface area (TPSA) is 34.9 Å². The zero-order valence-electron chi connectivity index (χ0n) is 28.1. The summed E-state index contributed by atoms with van der Waals surface area (Å²) < 4.78 is 18.0. The molecule has 242 valence electrons. The molecule has 10 rings (SSSR count). The molecule has 0 fully saturated rings. The van der Waals surface area contributed by atoms with Crippen molar-refractivity contribution < 1.29 is 4.57 Å². The number of hydrogen-bond donors (Lipinski definition) is 0. The van der Waals surface area contributed by atoms with Crippen molar-refractivity contribution >= 4 is 55.6 Å². The first kappa shape index (κ1) is 29.9. The van der Waals surface area contributed by atoms with E-state index in [1.807, 2.05) is 48.5 Å². The van der Waals surface area contributed by atoms with Crippen LogP contribution in [0.1, 0.15) is 12.7 Å². The van der Waals surface area contributed by atoms with Gasteiger partial charge in [-0.25, -0.2) is 4.98 Å². The zero-order valence-corrected chi connectivity index (χ0v) is 29.0. The van der Waals surface area contributed by atoms with E-state index in [4.69, 9.17) is 4.98 Å². The van der Waals surface area contributed by atoms with Crippen LogP contribution in [0.15, 0.2) is 170 Å². The summed E-state index contributed by atoms with van der Waals surface area (Å²) in [6.45, 7) is 2.14. The molecule has 0 N–H and O–H groups in total. The van der Waals surface area contributed by atoms with E-state index in [1.54, 1.807) is 0 Å². The minimum absolute atomic E-state index is 0.761. The molecule has 4 heteroatoms. The lowest BCUT2D eigenvalue weighted by Crippen LogP contribution is -2.33. The number of aromatic nitrogens is 2. The summed E-state index contributed by atoms with van der Waals surface area (Å²) in [6.07, 6.45) is 0.761. The molecular weight excluding hydrogens is 640 g/mol. The summed E-state index contributed by atoms with van der Waals surface area (Å²) in [5.74, 6) is 0.971. The Morgan fingerprint density at radius 1 is 0.510 bits per heavy atom. The number of nitrogens with zero attached hydrogens (tertiary/aromatic N) is 2. The van der Waals surface area contributed by atoms with Gasteiger partial charge in [0.15, 0.2) is 7.14 Å². The fraction of sp³-hybridized carbons (Fsp3) is 0.0426. The van der Waals surface area contributed by atoms with Crippen molar-refractivity contribution in [1.82, 2.24) is 9.55 Å². The standard InChI is InChI=1S/C47H33N2OP/c1-2-44-48-40-22-13-23-43-47(40)49(44)41-30-34(28-29-42(41)51(43,50)35-16-7-4-8-17-35)46-38-20-11-9-18-36(38)45(37-19-10-12-21-39(37)46)33-26-24-32(25-27-33)31-14-5-3-6-15-31/h3-30H,2H2,1H3. The van der Waals surface area contributed by atoms with Crippen molar-refractivity contribution in [3.8, 4) is 39.1 Å². The van der Waals surface area contributed by atoms with E-state index in [9.17, 15) is 0 Å². The van der Waals surface area contributed by atoms with E-state index < -0.39 is 7.14 Å². The van der Waals surface area contributed by atoms with Crippen LogP contribution in [0, 0.1) is 0 Å². The van der Waals surface area contributed by atoms with Crippen molar-refractivity contribution in [2.24, 2.45) is 0 Å². The molecule has 0 spiro atoms. The minimum Gasteiger partial charge on any atom is -0.308 e. The number of para-hydroxylation sites is 1. The Kier molecular flexibility index (Phi) is 6.74. The SMILES string of the molecule is CCc1nc2cccc3c2n1-c1cc(-c2c4ccccc4c(-c4ccc(-c5ccccc5)cc4)c4ccccc24)ccc1P3(=O)c1ccccc1. The van der Waals surface area contributed by atoms with Gasteiger partial charge in [-0.3, -0.25) is 4.57 Å². The summed E-state index contributed by atoms with van der Waals surface area (Å²) in [7, 11) is -3.20. The van der Waals surface area contributed by atoms with E-state index in [0.29, 0.717) is 0 Å². The predicted octanol–water partition coefficient (Wildman–Crippen LogP) is 10.8. The number of hydrogen-bond acceptors (Lipinski definition) is 2. The highest BCUT2D eigenvalue weighted by atomic mass is 31.2. The highest BCUT2D eigenvalue weighted by Gasteiger charge is 2.40. The lowest BCUT2D eigenvalue weighted by atomic mass is 9.85. The van der Waals surface area contributed by atoms with Crippen molar-refractivity contribution in [3.63, 3.8) is 0 Å². The van der Waals surface area contributed by atoms with E-state index >= 15 is 4.57 Å². The molecule has 0 aliphatic carbocycles. The maximum absolute atomic E-state index is 15.7. The number of rotatable bonds is 5. The molecule has 3 nitrogen and oxygen atoms in total. The van der Waals surface area contributed by atoms with Crippen LogP contribution in [-0.2, 0) is 11.0 Å². The smallest absolute Gasteiger partial charge is 0.175 e. The second-order valence-corrected chi connectivity index (χ2v) is 16.0. The van der Waals surface area contributed by atoms with Gasteiger partial charge in [0.25, 0.3) is 0 Å². The van der Waals surface area contributed by atoms with Gasteiger partial charge in [0.05, 0.1) is 16.7 Å². The molecule has 0 amide bonds. The van der Waals surface area contributed by atoms with Gasteiger partial charge in [0, 0.05) is 22.3 Å². The molecule has 8 aromatic carbocycles. The first-order chi connectivity index (χ1) is 25.1. The summed E-state index contributed by atoms with van der Waals surface area (Å²) in [6, 6.07) is 59.7. The van der Waals surface area contributed by atoms with Crippen LogP contribution < -0.4 is 15.9 Å². The minimum atomic E-state index is -3.20. The molecule has 1 aromatic heterocycles. The number of imidazole rings is 1. The van der Waals surface area contributed by atoms with Crippen LogP contribution in [0.25, 0.3) is 71.6 Å². The van der Waals surface area contributed by atoms with Crippen LogP contribution in [0.2, 0.25) is 0 Å². The van der Waals surface area contributed by atoms with E-state index in [2.05, 4.69) is 133 Å². The molecule has 0 bridgehead atoms. The van der Waals surface area contributed by atoms with Gasteiger partial charge in [-0.05, 0) is 79.2 Å². The highest BCUT2D eigenvalue weighted by Crippen LogP contribution is 2.51. The molecule has 1 atom stereocenters. The molecule has 1 aliphatic rings. The molecule has 0 saturated carbocycles. The van der Waals surface area contributed by atoms with Gasteiger partial charge < -0.3 is 4.57 Å². The molecule has 2 heterocycles. The first-order valence-electron chi connectivity index (χ1n) is 17.6. The zero-order chi connectivity index (χ0) is 34.1. The average molecular weight is 673 g/mol. The summed E-state index contributed by atoms with van der Waals surface area (Å²) in [5.41, 5.74) is 9.89. The fourth-order valence-electron chi connectivity index (χ4n) is 8.29. The van der Waals surface area contributed by atoms with Crippen LogP contribution >= 0.6 is 7.14 Å². The second kappa shape index (κ2) is 11.5. The molecular formula is C47H33N2OP. The molecule has 1 unspecified atom stereocenters. The Labute approximate surface area is 296 Å². The molecule has 51 heavy (non-hydrogen) atoms. The van der Waals surface area contributed by atoms with Gasteiger partial charge in [-0.15, -0.1) is 0 Å². The maximum atomic E-state index is 15.7. The van der Waals surface area contributed by atoms with Crippen molar-refractivity contribution in [1.29, 1.82) is 0 Å². The monoisotopic (exact) mass is 672 g/mol. The normalized spacial score (nSPS) is 15.0. The largest absolute Gasteiger partial charge is 0.308 e. The average Bonchev–Trinajstić information content (AvgIpc) is 3.59. The fourth-order valence-corrected chi connectivity index (χ4v) is 11.3. The van der Waals surface area contributed by atoms with Crippen LogP contribution in [0.3, 0.4) is 0 Å². The van der Waals surface area contributed by atoms with Crippen molar-refractivity contribution in [2.75, 3.05) is 0 Å². The number of benzene rings is 8. The molecule has 1 aliphatic heterocycles. The molecule has 0 saturated heterocycles. The van der Waals surface area contributed by atoms with Gasteiger partial charge in [-0.1, -0.05) is 153 Å². The van der Waals surface area contributed by atoms with Crippen LogP contribution in [0.5, 0.6) is 0 Å². The third kappa shape index (κ3) is 4.38. The van der Waals surface area contributed by atoms with Gasteiger partial charge in [0.1, 0.15) is 5.82 Å².